The fraction of sp³-hybridized carbons (Fsp3) is 0.0417. The van der Waals surface area contributed by atoms with E-state index < -0.39 is 31.7 Å². The number of hydrogen-bond acceptors (Lipinski definition) is 13. The Kier molecular flexibility index (Phi) is 10.1. The topological polar surface area (TPSA) is 201 Å². The molecule has 5 rings (SSSR count). The maximum absolute atomic E-state index is 11.5. The van der Waals surface area contributed by atoms with E-state index in [1.165, 1.54) is 21.5 Å². The van der Waals surface area contributed by atoms with Crippen LogP contribution in [0.3, 0.4) is 0 Å². The number of non-ortho nitro benzene ring substituents is 2. The average Bonchev–Trinajstić information content (AvgIpc) is 3.70. The van der Waals surface area contributed by atoms with E-state index in [0.29, 0.717) is 0 Å². The van der Waals surface area contributed by atoms with Gasteiger partial charge in [0.25, 0.3) is 17.1 Å². The van der Waals surface area contributed by atoms with Crippen LogP contribution in [-0.2, 0) is 0 Å². The fourth-order valence-corrected chi connectivity index (χ4v) is 7.60. The molecule has 12 nitrogen and oxygen atoms in total. The second kappa shape index (κ2) is 13.5. The Morgan fingerprint density at radius 3 is 1.60 bits per heavy atom. The monoisotopic (exact) mass is 608 g/mol. The quantitative estimate of drug-likeness (QED) is 0.158. The largest absolute Gasteiger partial charge is 0.284 e. The van der Waals surface area contributed by atoms with E-state index in [9.17, 15) is 40.9 Å². The Balaban J connectivity index is 0.000000278. The van der Waals surface area contributed by atoms with Crippen LogP contribution < -0.4 is 0 Å². The molecule has 3 aliphatic rings. The zero-order chi connectivity index (χ0) is 29.4. The summed E-state index contributed by atoms with van der Waals surface area (Å²) in [5, 5.41) is 68.0. The van der Waals surface area contributed by atoms with Crippen LogP contribution in [0, 0.1) is 64.3 Å². The first-order valence-corrected chi connectivity index (χ1v) is 14.0. The molecule has 1 aliphatic carbocycles. The van der Waals surface area contributed by atoms with Gasteiger partial charge in [-0.2, -0.15) is 15.8 Å². The zero-order valence-corrected chi connectivity index (χ0v) is 23.2. The summed E-state index contributed by atoms with van der Waals surface area (Å²) in [5.74, 6) is 0. The summed E-state index contributed by atoms with van der Waals surface area (Å²) >= 11 is 7.28. The van der Waals surface area contributed by atoms with Gasteiger partial charge in [0, 0.05) is 36.3 Å². The van der Waals surface area contributed by atoms with Crippen molar-refractivity contribution in [2.75, 3.05) is 0 Å². The number of fused-ring (bicyclic) bond motifs is 3. The minimum Gasteiger partial charge on any atom is -0.258 e. The lowest BCUT2D eigenvalue weighted by molar-refractivity contribution is -0.393. The molecule has 16 heteroatoms. The molecule has 0 aromatic heterocycles. The molecule has 2 aromatic rings. The van der Waals surface area contributed by atoms with Crippen LogP contribution >= 0.6 is 47.0 Å². The number of thioether (sulfide) groups is 4. The van der Waals surface area contributed by atoms with Gasteiger partial charge in [0.1, 0.15) is 17.7 Å². The smallest absolute Gasteiger partial charge is 0.258 e. The number of nitrogens with zero attached hydrogens (tertiary/aromatic N) is 6. The second-order valence-corrected chi connectivity index (χ2v) is 11.4. The van der Waals surface area contributed by atoms with Gasteiger partial charge in [0.2, 0.25) is 0 Å². The highest BCUT2D eigenvalue weighted by molar-refractivity contribution is 8.33. The van der Waals surface area contributed by atoms with Gasteiger partial charge in [-0.1, -0.05) is 47.0 Å². The summed E-state index contributed by atoms with van der Waals surface area (Å²) in [4.78, 5) is 31.3. The van der Waals surface area contributed by atoms with Gasteiger partial charge in [-0.25, -0.2) is 0 Å². The number of benzene rings is 2. The standard InChI is InChI=1S/C16H5N5O6.C6H4S4.C2H3N/c17-6-8(7-18)15-12-3-9(19(22)23)1-2-11(12)16-13(15)4-10(20(24)25)5-14(16)21(26)27;1-2-8-5(7-1)6-9-3-4-10-6;1-2-3/h1-5H;1-4H;1H3. The predicted molar refractivity (Wildman–Crippen MR) is 156 cm³/mol. The summed E-state index contributed by atoms with van der Waals surface area (Å²) in [5.41, 5.74) is -2.00. The fourth-order valence-electron chi connectivity index (χ4n) is 3.57. The molecule has 0 bridgehead atoms. The summed E-state index contributed by atoms with van der Waals surface area (Å²) in [6.45, 7) is 1.43. The number of rotatable bonds is 3. The lowest BCUT2D eigenvalue weighted by Crippen LogP contribution is -1.97. The van der Waals surface area contributed by atoms with Gasteiger partial charge >= 0.3 is 0 Å². The first kappa shape index (κ1) is 30.0. The highest BCUT2D eigenvalue weighted by atomic mass is 32.2. The summed E-state index contributed by atoms with van der Waals surface area (Å²) in [7, 11) is 0. The van der Waals surface area contributed by atoms with Crippen LogP contribution in [0.5, 0.6) is 0 Å². The second-order valence-electron chi connectivity index (χ2n) is 7.18. The van der Waals surface area contributed by atoms with Crippen LogP contribution in [0.1, 0.15) is 18.1 Å². The van der Waals surface area contributed by atoms with E-state index in [-0.39, 0.29) is 33.5 Å². The third-order valence-corrected chi connectivity index (χ3v) is 9.76. The third-order valence-electron chi connectivity index (χ3n) is 4.98. The molecule has 198 valence electrons. The van der Waals surface area contributed by atoms with Crippen molar-refractivity contribution in [1.82, 2.24) is 0 Å². The molecule has 0 saturated heterocycles. The van der Waals surface area contributed by atoms with Gasteiger partial charge in [0.05, 0.1) is 40.9 Å². The third kappa shape index (κ3) is 6.36. The molecule has 2 aliphatic heterocycles. The molecule has 40 heavy (non-hydrogen) atoms. The van der Waals surface area contributed by atoms with E-state index in [2.05, 4.69) is 21.6 Å². The van der Waals surface area contributed by atoms with Crippen molar-refractivity contribution in [1.29, 1.82) is 15.8 Å². The molecule has 0 radical (unpaired) electrons. The molecule has 2 heterocycles. The first-order chi connectivity index (χ1) is 19.2. The SMILES string of the molecule is C1=CSC(=C2SC=CS2)S1.CC#N.N#CC(C#N)=C1c2cc([N+](=O)[O-])ccc2-c2c1cc([N+](=O)[O-])cc2[N+](=O)[O-]. The maximum Gasteiger partial charge on any atom is 0.284 e. The minimum atomic E-state index is -0.839. The Bertz CT molecular complexity index is 1630. The van der Waals surface area contributed by atoms with Crippen molar-refractivity contribution >= 4 is 69.7 Å². The molecule has 0 saturated carbocycles. The molecule has 0 atom stereocenters. The van der Waals surface area contributed by atoms with Crippen molar-refractivity contribution in [2.45, 2.75) is 6.92 Å². The Morgan fingerprint density at radius 1 is 0.700 bits per heavy atom. The van der Waals surface area contributed by atoms with Gasteiger partial charge in [0.15, 0.2) is 0 Å². The Morgan fingerprint density at radius 2 is 1.18 bits per heavy atom. The van der Waals surface area contributed by atoms with Gasteiger partial charge in [-0.15, -0.1) is 0 Å². The number of hydrogen-bond donors (Lipinski definition) is 0. The van der Waals surface area contributed by atoms with E-state index >= 15 is 0 Å². The molecule has 0 spiro atoms. The lowest BCUT2D eigenvalue weighted by atomic mass is 9.98. The highest BCUT2D eigenvalue weighted by Crippen LogP contribution is 2.52. The normalized spacial score (nSPS) is 13.4. The predicted octanol–water partition coefficient (Wildman–Crippen LogP) is 7.79. The molecular weight excluding hydrogens is 597 g/mol. The Labute approximate surface area is 243 Å². The van der Waals surface area contributed by atoms with Crippen LogP contribution in [0.2, 0.25) is 0 Å². The molecule has 0 N–H and O–H groups in total. The van der Waals surface area contributed by atoms with Crippen molar-refractivity contribution in [3.63, 3.8) is 0 Å². The molecule has 0 unspecified atom stereocenters. The summed E-state index contributed by atoms with van der Waals surface area (Å²) < 4.78 is 2.86. The zero-order valence-electron chi connectivity index (χ0n) is 20.0. The van der Waals surface area contributed by atoms with Gasteiger partial charge in [-0.05, 0) is 38.8 Å². The number of nitriles is 3. The molecule has 0 amide bonds. The van der Waals surface area contributed by atoms with Crippen LogP contribution in [-0.4, -0.2) is 14.8 Å². The highest BCUT2D eigenvalue weighted by Gasteiger charge is 2.36. The molecular formula is C24H12N6O6S4. The number of nitro groups is 3. The first-order valence-electron chi connectivity index (χ1n) is 10.5. The van der Waals surface area contributed by atoms with E-state index in [0.717, 1.165) is 24.3 Å². The molecule has 2 aromatic carbocycles. The van der Waals surface area contributed by atoms with Crippen molar-refractivity contribution in [3.8, 4) is 29.3 Å². The average molecular weight is 609 g/mol. The van der Waals surface area contributed by atoms with E-state index in [1.54, 1.807) is 18.2 Å². The van der Waals surface area contributed by atoms with E-state index in [4.69, 9.17) is 5.26 Å². The number of allylic oxidation sites excluding steroid dienone is 1. The van der Waals surface area contributed by atoms with Crippen LogP contribution in [0.25, 0.3) is 16.7 Å². The summed E-state index contributed by atoms with van der Waals surface area (Å²) in [6, 6.07) is 10.2. The van der Waals surface area contributed by atoms with Gasteiger partial charge in [-0.3, -0.25) is 30.3 Å². The van der Waals surface area contributed by atoms with Crippen molar-refractivity contribution < 1.29 is 14.8 Å². The maximum atomic E-state index is 11.5. The Hall–Kier alpha value is -4.53. The summed E-state index contributed by atoms with van der Waals surface area (Å²) in [6.07, 6.45) is 0. The van der Waals surface area contributed by atoms with E-state index in [1.807, 2.05) is 47.0 Å². The van der Waals surface area contributed by atoms with Crippen molar-refractivity contribution in [3.05, 3.63) is 107 Å². The van der Waals surface area contributed by atoms with Gasteiger partial charge < -0.3 is 0 Å². The lowest BCUT2D eigenvalue weighted by Gasteiger charge is -2.03. The minimum absolute atomic E-state index is 0.0338. The van der Waals surface area contributed by atoms with Crippen LogP contribution in [0.15, 0.2) is 66.0 Å². The van der Waals surface area contributed by atoms with Crippen molar-refractivity contribution in [2.24, 2.45) is 0 Å². The number of nitro benzene ring substituents is 3. The van der Waals surface area contributed by atoms with Crippen LogP contribution in [0.4, 0.5) is 17.1 Å². The molecule has 0 fully saturated rings.